The topological polar surface area (TPSA) is 59.6 Å². The van der Waals surface area contributed by atoms with Gasteiger partial charge in [0, 0.05) is 64.6 Å². The zero-order chi connectivity index (χ0) is 24.6. The summed E-state index contributed by atoms with van der Waals surface area (Å²) in [5, 5.41) is 0. The molecule has 2 amide bonds. The van der Waals surface area contributed by atoms with Crippen molar-refractivity contribution in [2.45, 2.75) is 6.54 Å². The summed E-state index contributed by atoms with van der Waals surface area (Å²) < 4.78 is 5.23. The molecule has 2 heterocycles. The van der Waals surface area contributed by atoms with Crippen molar-refractivity contribution in [1.29, 1.82) is 0 Å². The van der Waals surface area contributed by atoms with Crippen molar-refractivity contribution in [3.05, 3.63) is 60.2 Å². The second-order valence-electron chi connectivity index (χ2n) is 9.38. The molecule has 2 aliphatic heterocycles. The van der Waals surface area contributed by atoms with Gasteiger partial charge in [0.1, 0.15) is 5.75 Å². The fourth-order valence-corrected chi connectivity index (χ4v) is 4.72. The van der Waals surface area contributed by atoms with Gasteiger partial charge in [-0.2, -0.15) is 0 Å². The number of piperazine rings is 2. The van der Waals surface area contributed by atoms with Crippen LogP contribution in [0.4, 0.5) is 5.69 Å². The average Bonchev–Trinajstić information content (AvgIpc) is 2.89. The molecule has 2 saturated heterocycles. The minimum Gasteiger partial charge on any atom is -0.497 e. The predicted molar refractivity (Wildman–Crippen MR) is 138 cm³/mol. The van der Waals surface area contributed by atoms with E-state index < -0.39 is 0 Å². The molecule has 35 heavy (non-hydrogen) atoms. The summed E-state index contributed by atoms with van der Waals surface area (Å²) in [7, 11) is 3.52. The predicted octanol–water partition coefficient (Wildman–Crippen LogP) is 1.62. The minimum absolute atomic E-state index is 0.0855. The van der Waals surface area contributed by atoms with Crippen molar-refractivity contribution in [2.75, 3.05) is 84.5 Å². The fourth-order valence-electron chi connectivity index (χ4n) is 4.72. The maximum absolute atomic E-state index is 12.8. The van der Waals surface area contributed by atoms with E-state index in [1.165, 1.54) is 5.56 Å². The van der Waals surface area contributed by atoms with Crippen LogP contribution in [-0.4, -0.2) is 111 Å². The van der Waals surface area contributed by atoms with Gasteiger partial charge in [-0.05, 0) is 36.9 Å². The van der Waals surface area contributed by atoms with Gasteiger partial charge in [0.2, 0.25) is 11.8 Å². The molecule has 2 aliphatic rings. The van der Waals surface area contributed by atoms with Gasteiger partial charge in [0.05, 0.1) is 20.2 Å². The summed E-state index contributed by atoms with van der Waals surface area (Å²) in [4.78, 5) is 36.0. The first-order chi connectivity index (χ1) is 17.0. The van der Waals surface area contributed by atoms with Crippen LogP contribution in [0.25, 0.3) is 0 Å². The van der Waals surface area contributed by atoms with Gasteiger partial charge in [-0.25, -0.2) is 0 Å². The van der Waals surface area contributed by atoms with E-state index >= 15 is 0 Å². The molecular formula is C27H37N5O3. The van der Waals surface area contributed by atoms with E-state index in [0.717, 1.165) is 57.3 Å². The molecule has 0 aliphatic carbocycles. The molecule has 0 bridgehead atoms. The van der Waals surface area contributed by atoms with Gasteiger partial charge in [-0.3, -0.25) is 19.4 Å². The lowest BCUT2D eigenvalue weighted by molar-refractivity contribution is -0.136. The van der Waals surface area contributed by atoms with Gasteiger partial charge in [-0.1, -0.05) is 30.3 Å². The number of hydrogen-bond acceptors (Lipinski definition) is 6. The highest BCUT2D eigenvalue weighted by atomic mass is 16.5. The minimum atomic E-state index is 0.0855. The Morgan fingerprint density at radius 3 is 1.86 bits per heavy atom. The highest BCUT2D eigenvalue weighted by molar-refractivity contribution is 5.81. The van der Waals surface area contributed by atoms with E-state index in [1.807, 2.05) is 39.9 Å². The number of anilines is 1. The maximum Gasteiger partial charge on any atom is 0.236 e. The molecule has 0 saturated carbocycles. The molecule has 0 unspecified atom stereocenters. The first-order valence-corrected chi connectivity index (χ1v) is 12.4. The third-order valence-electron chi connectivity index (χ3n) is 6.85. The number of hydrogen-bond donors (Lipinski definition) is 0. The summed E-state index contributed by atoms with van der Waals surface area (Å²) in [5.74, 6) is 1.03. The normalized spacial score (nSPS) is 17.1. The summed E-state index contributed by atoms with van der Waals surface area (Å²) in [6, 6.07) is 18.5. The first kappa shape index (κ1) is 25.0. The third kappa shape index (κ3) is 6.96. The van der Waals surface area contributed by atoms with Crippen LogP contribution in [0.15, 0.2) is 54.6 Å². The Hall–Kier alpha value is -3.10. The van der Waals surface area contributed by atoms with Crippen LogP contribution in [0.3, 0.4) is 0 Å². The molecule has 0 atom stereocenters. The quantitative estimate of drug-likeness (QED) is 0.574. The Bertz CT molecular complexity index is 953. The molecule has 0 spiro atoms. The highest BCUT2D eigenvalue weighted by Crippen LogP contribution is 2.20. The lowest BCUT2D eigenvalue weighted by atomic mass is 10.2. The fraction of sp³-hybridized carbons (Fsp3) is 0.481. The van der Waals surface area contributed by atoms with Crippen molar-refractivity contribution in [3.63, 3.8) is 0 Å². The van der Waals surface area contributed by atoms with E-state index in [4.69, 9.17) is 4.74 Å². The number of likely N-dealkylation sites (N-methyl/N-ethyl adjacent to an activating group) is 1. The Morgan fingerprint density at radius 2 is 1.31 bits per heavy atom. The molecule has 2 aromatic rings. The summed E-state index contributed by atoms with van der Waals surface area (Å²) in [6.07, 6.45) is 0. The van der Waals surface area contributed by atoms with E-state index in [0.29, 0.717) is 13.1 Å². The van der Waals surface area contributed by atoms with Gasteiger partial charge < -0.3 is 19.4 Å². The highest BCUT2D eigenvalue weighted by Gasteiger charge is 2.25. The van der Waals surface area contributed by atoms with Gasteiger partial charge in [-0.15, -0.1) is 0 Å². The first-order valence-electron chi connectivity index (χ1n) is 12.4. The van der Waals surface area contributed by atoms with Crippen molar-refractivity contribution < 1.29 is 14.3 Å². The van der Waals surface area contributed by atoms with E-state index in [-0.39, 0.29) is 24.9 Å². The Morgan fingerprint density at radius 1 is 0.771 bits per heavy atom. The van der Waals surface area contributed by atoms with Crippen LogP contribution in [-0.2, 0) is 16.1 Å². The van der Waals surface area contributed by atoms with E-state index in [1.54, 1.807) is 7.11 Å². The van der Waals surface area contributed by atoms with E-state index in [9.17, 15) is 9.59 Å². The molecular weight excluding hydrogens is 442 g/mol. The Balaban J connectivity index is 1.16. The smallest absolute Gasteiger partial charge is 0.236 e. The second-order valence-corrected chi connectivity index (χ2v) is 9.38. The van der Waals surface area contributed by atoms with Gasteiger partial charge in [0.15, 0.2) is 0 Å². The largest absolute Gasteiger partial charge is 0.497 e. The van der Waals surface area contributed by atoms with Crippen LogP contribution in [0.1, 0.15) is 5.56 Å². The van der Waals surface area contributed by atoms with E-state index in [2.05, 4.69) is 46.2 Å². The number of benzene rings is 2. The molecule has 8 heteroatoms. The molecule has 4 rings (SSSR count). The van der Waals surface area contributed by atoms with Crippen LogP contribution in [0, 0.1) is 0 Å². The number of methoxy groups -OCH3 is 1. The van der Waals surface area contributed by atoms with Crippen LogP contribution < -0.4 is 9.64 Å². The van der Waals surface area contributed by atoms with Crippen LogP contribution in [0.2, 0.25) is 0 Å². The van der Waals surface area contributed by atoms with Crippen molar-refractivity contribution in [1.82, 2.24) is 19.6 Å². The summed E-state index contributed by atoms with van der Waals surface area (Å²) in [5.41, 5.74) is 2.44. The number of ether oxygens (including phenoxy) is 1. The maximum atomic E-state index is 12.8. The van der Waals surface area contributed by atoms with Crippen LogP contribution in [0.5, 0.6) is 5.75 Å². The molecule has 8 nitrogen and oxygen atoms in total. The number of rotatable bonds is 8. The van der Waals surface area contributed by atoms with Crippen molar-refractivity contribution in [3.8, 4) is 5.75 Å². The zero-order valence-corrected chi connectivity index (χ0v) is 20.9. The molecule has 2 aromatic carbocycles. The monoisotopic (exact) mass is 479 g/mol. The third-order valence-corrected chi connectivity index (χ3v) is 6.85. The standard InChI is InChI=1S/C27H37N5O3/c1-28(21-26(33)31-14-12-29(13-15-31)20-23-6-4-3-5-7-23)22-27(34)32-18-16-30(17-19-32)24-8-10-25(35-2)11-9-24/h3-11H,12-22H2,1-2H3. The Labute approximate surface area is 208 Å². The molecule has 0 N–H and O–H groups in total. The van der Waals surface area contributed by atoms with Crippen molar-refractivity contribution in [2.24, 2.45) is 0 Å². The molecule has 188 valence electrons. The lowest BCUT2D eigenvalue weighted by Crippen LogP contribution is -2.53. The number of amides is 2. The summed E-state index contributed by atoms with van der Waals surface area (Å²) in [6.45, 7) is 7.67. The van der Waals surface area contributed by atoms with Crippen LogP contribution >= 0.6 is 0 Å². The number of carbonyl (C=O) groups excluding carboxylic acids is 2. The summed E-state index contributed by atoms with van der Waals surface area (Å²) >= 11 is 0. The molecule has 2 fully saturated rings. The van der Waals surface area contributed by atoms with Gasteiger partial charge in [0.25, 0.3) is 0 Å². The van der Waals surface area contributed by atoms with Crippen molar-refractivity contribution >= 4 is 17.5 Å². The Kier molecular flexibility index (Phi) is 8.60. The number of carbonyl (C=O) groups is 2. The second kappa shape index (κ2) is 12.0. The van der Waals surface area contributed by atoms with Gasteiger partial charge >= 0.3 is 0 Å². The zero-order valence-electron chi connectivity index (χ0n) is 20.9. The SMILES string of the molecule is COc1ccc(N2CCN(C(=O)CN(C)CC(=O)N3CCN(Cc4ccccc4)CC3)CC2)cc1. The average molecular weight is 480 g/mol. The number of nitrogens with zero attached hydrogens (tertiary/aromatic N) is 5. The molecule has 0 radical (unpaired) electrons. The molecule has 0 aromatic heterocycles. The lowest BCUT2D eigenvalue weighted by Gasteiger charge is -2.37.